The monoisotopic (exact) mass is 311 g/mol. The van der Waals surface area contributed by atoms with Gasteiger partial charge in [0, 0.05) is 16.6 Å². The summed E-state index contributed by atoms with van der Waals surface area (Å²) >= 11 is 3.62. The van der Waals surface area contributed by atoms with Crippen molar-refractivity contribution >= 4 is 15.9 Å². The fourth-order valence-electron chi connectivity index (χ4n) is 2.81. The van der Waals surface area contributed by atoms with Crippen molar-refractivity contribution in [3.8, 4) is 0 Å². The number of ether oxygens (including phenoxy) is 1. The molecule has 3 unspecified atom stereocenters. The first kappa shape index (κ1) is 14.0. The Bertz CT molecular complexity index is 386. The molecule has 2 nitrogen and oxygen atoms in total. The average molecular weight is 312 g/mol. The van der Waals surface area contributed by atoms with Crippen LogP contribution in [0.25, 0.3) is 0 Å². The van der Waals surface area contributed by atoms with Crippen molar-refractivity contribution in [1.82, 2.24) is 5.32 Å². The van der Waals surface area contributed by atoms with Gasteiger partial charge in [-0.05, 0) is 45.2 Å². The fourth-order valence-corrected chi connectivity index (χ4v) is 3.44. The molecule has 1 aromatic rings. The second-order valence-corrected chi connectivity index (χ2v) is 6.19. The van der Waals surface area contributed by atoms with Crippen LogP contribution in [0.1, 0.15) is 45.2 Å². The molecule has 1 saturated heterocycles. The molecule has 0 radical (unpaired) electrons. The van der Waals surface area contributed by atoms with Crippen LogP contribution in [0.5, 0.6) is 0 Å². The second-order valence-electron chi connectivity index (χ2n) is 5.34. The van der Waals surface area contributed by atoms with E-state index in [0.29, 0.717) is 24.3 Å². The summed E-state index contributed by atoms with van der Waals surface area (Å²) in [5.41, 5.74) is 1.32. The molecule has 3 atom stereocenters. The molecule has 1 aliphatic heterocycles. The van der Waals surface area contributed by atoms with Crippen LogP contribution >= 0.6 is 15.9 Å². The van der Waals surface area contributed by atoms with E-state index in [1.165, 1.54) is 10.0 Å². The van der Waals surface area contributed by atoms with Crippen molar-refractivity contribution in [3.05, 3.63) is 34.3 Å². The van der Waals surface area contributed by atoms with Crippen molar-refractivity contribution in [2.24, 2.45) is 0 Å². The third-order valence-electron chi connectivity index (χ3n) is 3.55. The maximum absolute atomic E-state index is 5.78. The fraction of sp³-hybridized carbons (Fsp3) is 0.600. The lowest BCUT2D eigenvalue weighted by Gasteiger charge is -2.34. The summed E-state index contributed by atoms with van der Waals surface area (Å²) in [7, 11) is 0. The van der Waals surface area contributed by atoms with Gasteiger partial charge in [0.25, 0.3) is 0 Å². The molecule has 100 valence electrons. The molecule has 1 aromatic carbocycles. The highest BCUT2D eigenvalue weighted by molar-refractivity contribution is 9.10. The number of rotatable bonds is 3. The summed E-state index contributed by atoms with van der Waals surface area (Å²) < 4.78 is 6.96. The molecule has 0 saturated carbocycles. The van der Waals surface area contributed by atoms with Crippen LogP contribution in [0.4, 0.5) is 0 Å². The highest BCUT2D eigenvalue weighted by Crippen LogP contribution is 2.26. The maximum atomic E-state index is 5.78. The molecule has 3 heteroatoms. The van der Waals surface area contributed by atoms with Crippen molar-refractivity contribution in [1.29, 1.82) is 0 Å². The molecule has 0 aliphatic carbocycles. The van der Waals surface area contributed by atoms with Crippen molar-refractivity contribution in [2.45, 2.75) is 57.9 Å². The summed E-state index contributed by atoms with van der Waals surface area (Å²) in [5.74, 6) is 0. The zero-order valence-electron chi connectivity index (χ0n) is 11.3. The molecule has 1 N–H and O–H groups in total. The minimum atomic E-state index is 0.359. The maximum Gasteiger partial charge on any atom is 0.0565 e. The smallest absolute Gasteiger partial charge is 0.0565 e. The van der Waals surface area contributed by atoms with Gasteiger partial charge in [-0.15, -0.1) is 0 Å². The second kappa shape index (κ2) is 6.18. The van der Waals surface area contributed by atoms with Crippen LogP contribution in [-0.2, 0) is 4.74 Å². The van der Waals surface area contributed by atoms with Gasteiger partial charge in [0.1, 0.15) is 0 Å². The molecule has 0 spiro atoms. The quantitative estimate of drug-likeness (QED) is 0.909. The van der Waals surface area contributed by atoms with Gasteiger partial charge in [-0.1, -0.05) is 34.1 Å². The largest absolute Gasteiger partial charge is 0.375 e. The molecular weight excluding hydrogens is 290 g/mol. The predicted molar refractivity (Wildman–Crippen MR) is 78.7 cm³/mol. The minimum absolute atomic E-state index is 0.359. The molecule has 18 heavy (non-hydrogen) atoms. The van der Waals surface area contributed by atoms with Crippen LogP contribution in [0, 0.1) is 0 Å². The first-order valence-corrected chi connectivity index (χ1v) is 7.51. The van der Waals surface area contributed by atoms with Gasteiger partial charge in [0.05, 0.1) is 12.2 Å². The van der Waals surface area contributed by atoms with Crippen LogP contribution in [0.2, 0.25) is 0 Å². The number of hydrogen-bond acceptors (Lipinski definition) is 2. The van der Waals surface area contributed by atoms with E-state index in [1.807, 2.05) is 0 Å². The van der Waals surface area contributed by atoms with Crippen LogP contribution in [0.3, 0.4) is 0 Å². The summed E-state index contributed by atoms with van der Waals surface area (Å²) in [6.45, 7) is 6.55. The van der Waals surface area contributed by atoms with E-state index in [1.54, 1.807) is 0 Å². The van der Waals surface area contributed by atoms with Crippen LogP contribution in [0.15, 0.2) is 28.7 Å². The molecular formula is C15H22BrNO. The molecule has 0 aromatic heterocycles. The van der Waals surface area contributed by atoms with Gasteiger partial charge in [0.15, 0.2) is 0 Å². The molecule has 2 rings (SSSR count). The lowest BCUT2D eigenvalue weighted by Crippen LogP contribution is -2.42. The van der Waals surface area contributed by atoms with Gasteiger partial charge in [-0.2, -0.15) is 0 Å². The van der Waals surface area contributed by atoms with E-state index >= 15 is 0 Å². The van der Waals surface area contributed by atoms with Gasteiger partial charge in [0.2, 0.25) is 0 Å². The lowest BCUT2D eigenvalue weighted by molar-refractivity contribution is -0.0433. The van der Waals surface area contributed by atoms with E-state index in [-0.39, 0.29) is 0 Å². The Morgan fingerprint density at radius 3 is 2.44 bits per heavy atom. The Balaban J connectivity index is 1.99. The number of hydrogen-bond donors (Lipinski definition) is 1. The molecule has 0 bridgehead atoms. The normalized spacial score (nSPS) is 30.1. The minimum Gasteiger partial charge on any atom is -0.375 e. The first-order chi connectivity index (χ1) is 8.56. The molecule has 0 amide bonds. The highest BCUT2D eigenvalue weighted by atomic mass is 79.9. The number of benzene rings is 1. The van der Waals surface area contributed by atoms with E-state index < -0.39 is 0 Å². The summed E-state index contributed by atoms with van der Waals surface area (Å²) in [6.07, 6.45) is 2.91. The van der Waals surface area contributed by atoms with Gasteiger partial charge in [-0.3, -0.25) is 0 Å². The summed E-state index contributed by atoms with van der Waals surface area (Å²) in [5, 5.41) is 3.73. The standard InChI is InChI=1S/C15H22BrNO/c1-10-8-13(9-11(2)18-10)17-12(3)14-6-4-5-7-15(14)16/h4-7,10-13,17H,8-9H2,1-3H3. The third kappa shape index (κ3) is 3.56. The van der Waals surface area contributed by atoms with E-state index in [2.05, 4.69) is 66.3 Å². The Morgan fingerprint density at radius 2 is 1.83 bits per heavy atom. The van der Waals surface area contributed by atoms with Crippen LogP contribution in [-0.4, -0.2) is 18.2 Å². The highest BCUT2D eigenvalue weighted by Gasteiger charge is 2.25. The zero-order valence-corrected chi connectivity index (χ0v) is 12.9. The van der Waals surface area contributed by atoms with Gasteiger partial charge in [-0.25, -0.2) is 0 Å². The zero-order chi connectivity index (χ0) is 13.1. The van der Waals surface area contributed by atoms with Gasteiger partial charge >= 0.3 is 0 Å². The van der Waals surface area contributed by atoms with E-state index in [0.717, 1.165) is 12.8 Å². The van der Waals surface area contributed by atoms with E-state index in [9.17, 15) is 0 Å². The Kier molecular flexibility index (Phi) is 4.82. The third-order valence-corrected chi connectivity index (χ3v) is 4.28. The Labute approximate surface area is 118 Å². The average Bonchev–Trinajstić information content (AvgIpc) is 2.27. The van der Waals surface area contributed by atoms with E-state index in [4.69, 9.17) is 4.74 Å². The molecule has 1 heterocycles. The summed E-state index contributed by atoms with van der Waals surface area (Å²) in [6, 6.07) is 9.33. The molecule has 1 fully saturated rings. The van der Waals surface area contributed by atoms with Crippen molar-refractivity contribution in [3.63, 3.8) is 0 Å². The van der Waals surface area contributed by atoms with Crippen molar-refractivity contribution < 1.29 is 4.74 Å². The SMILES string of the molecule is CC1CC(NC(C)c2ccccc2Br)CC(C)O1. The number of nitrogens with one attached hydrogen (secondary N) is 1. The summed E-state index contributed by atoms with van der Waals surface area (Å²) in [4.78, 5) is 0. The molecule has 1 aliphatic rings. The lowest BCUT2D eigenvalue weighted by atomic mass is 9.98. The van der Waals surface area contributed by atoms with Crippen molar-refractivity contribution in [2.75, 3.05) is 0 Å². The number of halogens is 1. The first-order valence-electron chi connectivity index (χ1n) is 6.72. The van der Waals surface area contributed by atoms with Gasteiger partial charge < -0.3 is 10.1 Å². The predicted octanol–water partition coefficient (Wildman–Crippen LogP) is 4.06. The van der Waals surface area contributed by atoms with Crippen LogP contribution < -0.4 is 5.32 Å². The topological polar surface area (TPSA) is 21.3 Å². The Hall–Kier alpha value is -0.380. The Morgan fingerprint density at radius 1 is 1.22 bits per heavy atom.